The zero-order valence-electron chi connectivity index (χ0n) is 24.0. The van der Waals surface area contributed by atoms with Gasteiger partial charge in [-0.15, -0.1) is 0 Å². The molecule has 0 spiro atoms. The molecule has 1 aromatic heterocycles. The van der Waals surface area contributed by atoms with Crippen LogP contribution in [0.4, 0.5) is 5.69 Å². The second kappa shape index (κ2) is 7.29. The predicted molar refractivity (Wildman–Crippen MR) is 115 cm³/mol. The topological polar surface area (TPSA) is 7.12 Å². The molecular formula is C22H23N2S2+. The Kier molecular flexibility index (Phi) is 2.59. The number of benzene rings is 2. The van der Waals surface area contributed by atoms with Crippen molar-refractivity contribution in [2.45, 2.75) is 32.0 Å². The highest BCUT2D eigenvalue weighted by Crippen LogP contribution is 2.45. The first-order valence-electron chi connectivity index (χ1n) is 13.0. The van der Waals surface area contributed by atoms with Gasteiger partial charge in [0.1, 0.15) is 13.9 Å². The quantitative estimate of drug-likeness (QED) is 0.499. The van der Waals surface area contributed by atoms with Crippen molar-refractivity contribution < 1.29 is 18.3 Å². The molecule has 1 aliphatic heterocycles. The number of para-hydroxylation sites is 2. The maximum Gasteiger partial charge on any atom is 0.262 e. The Morgan fingerprint density at radius 1 is 1.19 bits per heavy atom. The number of aryl methyl sites for hydroxylation is 1. The Hall–Kier alpha value is -2.04. The number of allylic oxidation sites excluding steroid dienone is 2. The molecule has 0 amide bonds. The third-order valence-electron chi connectivity index (χ3n) is 4.01. The number of fused-ring (bicyclic) bond motifs is 2. The summed E-state index contributed by atoms with van der Waals surface area (Å²) in [7, 11) is 0. The molecule has 0 atom stereocenters. The fourth-order valence-electron chi connectivity index (χ4n) is 2.86. The zero-order chi connectivity index (χ0) is 26.7. The highest BCUT2D eigenvalue weighted by Gasteiger charge is 2.23. The molecular weight excluding hydrogens is 356 g/mol. The number of hydrogen-bond acceptors (Lipinski definition) is 3. The summed E-state index contributed by atoms with van der Waals surface area (Å²) in [6, 6.07) is 13.9. The van der Waals surface area contributed by atoms with E-state index in [4.69, 9.17) is 13.7 Å². The monoisotopic (exact) mass is 389 g/mol. The zero-order valence-corrected chi connectivity index (χ0v) is 15.6. The normalized spacial score (nSPS) is 23.7. The minimum atomic E-state index is -2.92. The van der Waals surface area contributed by atoms with Crippen LogP contribution in [0.15, 0.2) is 70.1 Å². The summed E-state index contributed by atoms with van der Waals surface area (Å²) in [5, 5.41) is 0.718. The van der Waals surface area contributed by atoms with E-state index >= 15 is 0 Å². The molecule has 0 saturated heterocycles. The molecule has 3 aromatic rings. The van der Waals surface area contributed by atoms with Gasteiger partial charge in [-0.25, -0.2) is 0 Å². The lowest BCUT2D eigenvalue weighted by molar-refractivity contribution is -0.665. The van der Waals surface area contributed by atoms with Crippen molar-refractivity contribution in [3.8, 4) is 0 Å². The lowest BCUT2D eigenvalue weighted by atomic mass is 10.2. The largest absolute Gasteiger partial charge is 0.335 e. The smallest absolute Gasteiger partial charge is 0.262 e. The van der Waals surface area contributed by atoms with Crippen LogP contribution in [-0.4, -0.2) is 6.50 Å². The lowest BCUT2D eigenvalue weighted by Gasteiger charge is -2.17. The first-order valence-corrected chi connectivity index (χ1v) is 9.60. The Balaban J connectivity index is 1.86. The van der Waals surface area contributed by atoms with Gasteiger partial charge < -0.3 is 4.90 Å². The summed E-state index contributed by atoms with van der Waals surface area (Å²) in [6.45, 7) is -9.50. The molecule has 4 heteroatoms. The van der Waals surface area contributed by atoms with Crippen molar-refractivity contribution in [2.75, 3.05) is 11.4 Å². The molecule has 26 heavy (non-hydrogen) atoms. The third kappa shape index (κ3) is 3.08. The summed E-state index contributed by atoms with van der Waals surface area (Å²) in [5.74, 6) is 0. The molecule has 0 bridgehead atoms. The van der Waals surface area contributed by atoms with Crippen molar-refractivity contribution in [2.24, 2.45) is 0 Å². The second-order valence-corrected chi connectivity index (χ2v) is 7.87. The van der Waals surface area contributed by atoms with Crippen molar-refractivity contribution in [3.63, 3.8) is 0 Å². The van der Waals surface area contributed by atoms with Gasteiger partial charge in [0.15, 0.2) is 0 Å². The Morgan fingerprint density at radius 2 is 2.04 bits per heavy atom. The summed E-state index contributed by atoms with van der Waals surface area (Å²) >= 11 is 2.47. The van der Waals surface area contributed by atoms with Crippen LogP contribution < -0.4 is 9.47 Å². The van der Waals surface area contributed by atoms with Gasteiger partial charge in [0.2, 0.25) is 5.52 Å². The van der Waals surface area contributed by atoms with Crippen LogP contribution in [0.1, 0.15) is 39.3 Å². The summed E-state index contributed by atoms with van der Waals surface area (Å²) in [6.07, 6.45) is 3.27. The molecule has 2 heterocycles. The highest BCUT2D eigenvalue weighted by molar-refractivity contribution is 8.03. The maximum atomic E-state index is 8.40. The fourth-order valence-corrected chi connectivity index (χ4v) is 5.09. The van der Waals surface area contributed by atoms with Crippen LogP contribution in [0.2, 0.25) is 0 Å². The van der Waals surface area contributed by atoms with E-state index in [1.807, 2.05) is 0 Å². The molecule has 0 unspecified atom stereocenters. The van der Waals surface area contributed by atoms with Crippen molar-refractivity contribution >= 4 is 45.1 Å². The molecule has 0 N–H and O–H groups in total. The Morgan fingerprint density at radius 3 is 2.92 bits per heavy atom. The number of nitrogens with zero attached hydrogens (tertiary/aromatic N) is 2. The van der Waals surface area contributed by atoms with Gasteiger partial charge in [-0.2, -0.15) is 4.57 Å². The molecule has 2 aromatic carbocycles. The highest BCUT2D eigenvalue weighted by atomic mass is 32.2. The molecule has 0 fully saturated rings. The van der Waals surface area contributed by atoms with Crippen LogP contribution in [0.5, 0.6) is 0 Å². The predicted octanol–water partition coefficient (Wildman–Crippen LogP) is 6.09. The third-order valence-corrected chi connectivity index (χ3v) is 6.16. The van der Waals surface area contributed by atoms with Crippen LogP contribution in [0.3, 0.4) is 0 Å². The maximum absolute atomic E-state index is 8.40. The standard InChI is InChI=1S/C22H23N2S2/c1-4-23-17-10-6-8-12-19(17)25-21(23)14-16(3)15-22-24(5-2)18-11-7-9-13-20(18)26-22/h6-15H,4-5H2,1-3H3/q+1/i1D3,2D3,4D2,5D2. The fraction of sp³-hybridized carbons (Fsp3) is 0.227. The van der Waals surface area contributed by atoms with Gasteiger partial charge in [0.05, 0.1) is 10.7 Å². The first-order chi connectivity index (χ1) is 16.6. The van der Waals surface area contributed by atoms with E-state index in [1.165, 1.54) is 23.1 Å². The number of thiazole rings is 1. The first kappa shape index (κ1) is 9.25. The van der Waals surface area contributed by atoms with Gasteiger partial charge in [-0.1, -0.05) is 47.4 Å². The van der Waals surface area contributed by atoms with Crippen molar-refractivity contribution in [3.05, 3.63) is 70.2 Å². The van der Waals surface area contributed by atoms with Crippen molar-refractivity contribution in [1.29, 1.82) is 0 Å². The van der Waals surface area contributed by atoms with Crippen LogP contribution in [0.25, 0.3) is 16.3 Å². The van der Waals surface area contributed by atoms with E-state index in [9.17, 15) is 0 Å². The van der Waals surface area contributed by atoms with E-state index in [0.717, 1.165) is 9.47 Å². The number of rotatable bonds is 4. The molecule has 132 valence electrons. The van der Waals surface area contributed by atoms with Gasteiger partial charge in [-0.3, -0.25) is 0 Å². The Labute approximate surface area is 177 Å². The molecule has 4 rings (SSSR count). The number of anilines is 1. The van der Waals surface area contributed by atoms with Gasteiger partial charge in [0, 0.05) is 34.5 Å². The van der Waals surface area contributed by atoms with Gasteiger partial charge in [-0.05, 0) is 50.5 Å². The van der Waals surface area contributed by atoms with E-state index in [0.29, 0.717) is 36.4 Å². The van der Waals surface area contributed by atoms with Crippen molar-refractivity contribution in [1.82, 2.24) is 0 Å². The average Bonchev–Trinajstić information content (AvgIpc) is 3.29. The molecule has 1 aliphatic rings. The SMILES string of the molecule is [2H]C([2H])([2H])C([2H])([2H])N1C(=C/C(C)=C/c2sc3ccccc3[n+]2C([2H])([2H])C([2H])([2H])[2H])Sc2ccccc21. The van der Waals surface area contributed by atoms with Crippen LogP contribution >= 0.6 is 23.1 Å². The number of aromatic nitrogens is 1. The molecule has 0 aliphatic carbocycles. The van der Waals surface area contributed by atoms with E-state index in [1.54, 1.807) is 67.6 Å². The van der Waals surface area contributed by atoms with Gasteiger partial charge >= 0.3 is 0 Å². The Bertz CT molecular complexity index is 1370. The van der Waals surface area contributed by atoms with Crippen LogP contribution in [0, 0.1) is 0 Å². The minimum Gasteiger partial charge on any atom is -0.335 e. The van der Waals surface area contributed by atoms with E-state index in [-0.39, 0.29) is 0 Å². The molecule has 2 nitrogen and oxygen atoms in total. The van der Waals surface area contributed by atoms with E-state index in [2.05, 4.69) is 0 Å². The summed E-state index contributed by atoms with van der Waals surface area (Å²) in [4.78, 5) is 1.87. The number of hydrogen-bond donors (Lipinski definition) is 0. The second-order valence-electron chi connectivity index (χ2n) is 5.74. The minimum absolute atomic E-state index is 0.359. The average molecular weight is 390 g/mol. The number of thioether (sulfide) groups is 1. The van der Waals surface area contributed by atoms with Gasteiger partial charge in [0.25, 0.3) is 5.01 Å². The molecule has 0 radical (unpaired) electrons. The lowest BCUT2D eigenvalue weighted by Crippen LogP contribution is -2.33. The van der Waals surface area contributed by atoms with E-state index < -0.39 is 26.7 Å². The molecule has 0 saturated carbocycles. The summed E-state index contributed by atoms with van der Waals surface area (Å²) in [5.41, 5.74) is 1.45. The van der Waals surface area contributed by atoms with Crippen LogP contribution in [-0.2, 0) is 6.50 Å². The summed E-state index contributed by atoms with van der Waals surface area (Å²) < 4.78 is 82.2.